The largest absolute Gasteiger partial charge is 0.421 e. The predicted octanol–water partition coefficient (Wildman–Crippen LogP) is 3.51. The summed E-state index contributed by atoms with van der Waals surface area (Å²) in [7, 11) is 2.09. The van der Waals surface area contributed by atoms with Crippen molar-refractivity contribution in [2.45, 2.75) is 38.3 Å². The Kier molecular flexibility index (Phi) is 10.2. The molecule has 0 unspecified atom stereocenters. The average molecular weight is 522 g/mol. The summed E-state index contributed by atoms with van der Waals surface area (Å²) in [4.78, 5) is 22.6. The SMILES string of the molecule is C=C(NC(=NCCCN1CCCCCC1=O)/C(=C\N)C(F)(F)F)Nc1cccc(N2CCN(C)CC2)c1. The lowest BCUT2D eigenvalue weighted by Crippen LogP contribution is -2.44. The van der Waals surface area contributed by atoms with E-state index in [0.29, 0.717) is 37.8 Å². The molecule has 2 aliphatic rings. The van der Waals surface area contributed by atoms with Crippen molar-refractivity contribution in [2.24, 2.45) is 10.7 Å². The number of hydrogen-bond acceptors (Lipinski definition) is 6. The standard InChI is InChI=1S/C26H38F3N7O/c1-20(32-21-8-6-9-22(18-21)35-16-14-34(2)15-17-35)33-25(23(19-30)26(27,28)29)31-11-7-13-36-12-5-3-4-10-24(36)37/h6,8-9,18-19,32H,1,3-5,7,10-17,30H2,2H3,(H,31,33)/b23-19+. The topological polar surface area (TPSA) is 89.2 Å². The molecule has 0 aliphatic carbocycles. The number of alkyl halides is 3. The highest BCUT2D eigenvalue weighted by Crippen LogP contribution is 2.26. The van der Waals surface area contributed by atoms with Gasteiger partial charge in [-0.15, -0.1) is 0 Å². The number of nitrogens with one attached hydrogen (secondary N) is 2. The number of carbonyl (C=O) groups excluding carboxylic acids is 1. The highest BCUT2D eigenvalue weighted by Gasteiger charge is 2.37. The van der Waals surface area contributed by atoms with Crippen LogP contribution in [0.4, 0.5) is 24.5 Å². The van der Waals surface area contributed by atoms with Gasteiger partial charge in [-0.05, 0) is 44.5 Å². The lowest BCUT2D eigenvalue weighted by atomic mass is 10.2. The van der Waals surface area contributed by atoms with Crippen molar-refractivity contribution in [3.63, 3.8) is 0 Å². The molecule has 0 saturated carbocycles. The van der Waals surface area contributed by atoms with Crippen LogP contribution in [-0.2, 0) is 4.79 Å². The Hall–Kier alpha value is -3.21. The minimum Gasteiger partial charge on any atom is -0.404 e. The van der Waals surface area contributed by atoms with Crippen molar-refractivity contribution in [3.8, 4) is 0 Å². The number of likely N-dealkylation sites (N-methyl/N-ethyl adjacent to an activating group) is 1. The molecule has 0 bridgehead atoms. The van der Waals surface area contributed by atoms with E-state index in [1.807, 2.05) is 24.3 Å². The van der Waals surface area contributed by atoms with E-state index in [-0.39, 0.29) is 18.3 Å². The lowest BCUT2D eigenvalue weighted by Gasteiger charge is -2.34. The molecule has 1 amide bonds. The molecule has 2 aliphatic heterocycles. The molecular weight excluding hydrogens is 483 g/mol. The van der Waals surface area contributed by atoms with Gasteiger partial charge in [-0.2, -0.15) is 13.2 Å². The van der Waals surface area contributed by atoms with E-state index in [2.05, 4.69) is 39.1 Å². The number of hydrogen-bond donors (Lipinski definition) is 3. The molecular formula is C26H38F3N7O. The van der Waals surface area contributed by atoms with Crippen molar-refractivity contribution in [3.05, 3.63) is 48.4 Å². The fourth-order valence-electron chi connectivity index (χ4n) is 4.42. The third kappa shape index (κ3) is 8.70. The number of aliphatic imine (C=N–C) groups is 1. The number of amidine groups is 1. The zero-order chi connectivity index (χ0) is 26.8. The third-order valence-electron chi connectivity index (χ3n) is 6.53. The number of nitrogens with two attached hydrogens (primary N) is 1. The molecule has 2 saturated heterocycles. The normalized spacial score (nSPS) is 18.5. The molecule has 11 heteroatoms. The van der Waals surface area contributed by atoms with Gasteiger partial charge in [-0.3, -0.25) is 9.79 Å². The summed E-state index contributed by atoms with van der Waals surface area (Å²) < 4.78 is 40.9. The maximum absolute atomic E-state index is 13.6. The van der Waals surface area contributed by atoms with E-state index in [0.717, 1.165) is 51.1 Å². The first-order chi connectivity index (χ1) is 17.7. The molecule has 3 rings (SSSR count). The van der Waals surface area contributed by atoms with Crippen LogP contribution in [0, 0.1) is 0 Å². The molecule has 2 heterocycles. The van der Waals surface area contributed by atoms with E-state index in [1.54, 1.807) is 4.90 Å². The summed E-state index contributed by atoms with van der Waals surface area (Å²) in [6.45, 7) is 8.81. The number of anilines is 2. The number of benzene rings is 1. The van der Waals surface area contributed by atoms with Crippen LogP contribution in [0.15, 0.2) is 53.4 Å². The molecule has 204 valence electrons. The van der Waals surface area contributed by atoms with Crippen LogP contribution >= 0.6 is 0 Å². The minimum absolute atomic E-state index is 0.0917. The van der Waals surface area contributed by atoms with E-state index in [1.165, 1.54) is 0 Å². The maximum atomic E-state index is 13.6. The minimum atomic E-state index is -4.69. The van der Waals surface area contributed by atoms with E-state index < -0.39 is 17.6 Å². The Labute approximate surface area is 217 Å². The summed E-state index contributed by atoms with van der Waals surface area (Å²) in [5.41, 5.74) is 5.99. The molecule has 37 heavy (non-hydrogen) atoms. The van der Waals surface area contributed by atoms with Crippen molar-refractivity contribution in [1.29, 1.82) is 0 Å². The number of likely N-dealkylation sites (tertiary alicyclic amines) is 1. The van der Waals surface area contributed by atoms with Crippen molar-refractivity contribution in [2.75, 3.05) is 63.1 Å². The van der Waals surface area contributed by atoms with Gasteiger partial charge in [-0.25, -0.2) is 0 Å². The van der Waals surface area contributed by atoms with E-state index in [4.69, 9.17) is 5.73 Å². The highest BCUT2D eigenvalue weighted by molar-refractivity contribution is 6.00. The predicted molar refractivity (Wildman–Crippen MR) is 142 cm³/mol. The molecule has 1 aromatic carbocycles. The van der Waals surface area contributed by atoms with E-state index >= 15 is 0 Å². The second kappa shape index (κ2) is 13.4. The fourth-order valence-corrected chi connectivity index (χ4v) is 4.42. The Balaban J connectivity index is 1.64. The van der Waals surface area contributed by atoms with Gasteiger partial charge in [0.25, 0.3) is 0 Å². The number of nitrogens with zero attached hydrogens (tertiary/aromatic N) is 4. The molecule has 0 spiro atoms. The fraction of sp³-hybridized carbons (Fsp3) is 0.538. The molecule has 8 nitrogen and oxygen atoms in total. The summed E-state index contributed by atoms with van der Waals surface area (Å²) in [5, 5.41) is 5.69. The third-order valence-corrected chi connectivity index (χ3v) is 6.53. The van der Waals surface area contributed by atoms with Crippen LogP contribution in [-0.4, -0.2) is 80.6 Å². The van der Waals surface area contributed by atoms with Gasteiger partial charge in [0.05, 0.1) is 0 Å². The van der Waals surface area contributed by atoms with Crippen LogP contribution in [0.3, 0.4) is 0 Å². The smallest absolute Gasteiger partial charge is 0.404 e. The quantitative estimate of drug-likeness (QED) is 0.262. The Morgan fingerprint density at radius 1 is 1.16 bits per heavy atom. The average Bonchev–Trinajstić information content (AvgIpc) is 3.05. The number of carbonyl (C=O) groups is 1. The van der Waals surface area contributed by atoms with Crippen molar-refractivity contribution in [1.82, 2.24) is 15.1 Å². The van der Waals surface area contributed by atoms with Gasteiger partial charge in [0.1, 0.15) is 17.2 Å². The second-order valence-corrected chi connectivity index (χ2v) is 9.42. The molecule has 2 fully saturated rings. The first kappa shape index (κ1) is 28.4. The monoisotopic (exact) mass is 521 g/mol. The van der Waals surface area contributed by atoms with Gasteiger partial charge in [0.15, 0.2) is 0 Å². The Bertz CT molecular complexity index is 985. The van der Waals surface area contributed by atoms with Gasteiger partial charge >= 0.3 is 6.18 Å². The molecule has 0 atom stereocenters. The molecule has 1 aromatic rings. The van der Waals surface area contributed by atoms with Crippen molar-refractivity contribution >= 4 is 23.1 Å². The summed E-state index contributed by atoms with van der Waals surface area (Å²) in [6, 6.07) is 7.67. The van der Waals surface area contributed by atoms with Crippen molar-refractivity contribution < 1.29 is 18.0 Å². The van der Waals surface area contributed by atoms with Crippen LogP contribution < -0.4 is 21.3 Å². The van der Waals surface area contributed by atoms with Crippen LogP contribution in [0.1, 0.15) is 32.1 Å². The summed E-state index contributed by atoms with van der Waals surface area (Å²) in [5.74, 6) is -0.181. The van der Waals surface area contributed by atoms with Crippen LogP contribution in [0.25, 0.3) is 0 Å². The second-order valence-electron chi connectivity index (χ2n) is 9.42. The zero-order valence-corrected chi connectivity index (χ0v) is 21.5. The Morgan fingerprint density at radius 3 is 2.62 bits per heavy atom. The highest BCUT2D eigenvalue weighted by atomic mass is 19.4. The lowest BCUT2D eigenvalue weighted by molar-refractivity contribution is -0.130. The Morgan fingerprint density at radius 2 is 1.92 bits per heavy atom. The van der Waals surface area contributed by atoms with Gasteiger partial charge in [-0.1, -0.05) is 19.1 Å². The first-order valence-corrected chi connectivity index (χ1v) is 12.8. The number of rotatable bonds is 9. The summed E-state index contributed by atoms with van der Waals surface area (Å²) >= 11 is 0. The number of piperazine rings is 1. The van der Waals surface area contributed by atoms with Gasteiger partial charge in [0, 0.05) is 69.8 Å². The number of halogens is 3. The maximum Gasteiger partial charge on any atom is 0.421 e. The number of amides is 1. The molecule has 4 N–H and O–H groups in total. The summed E-state index contributed by atoms with van der Waals surface area (Å²) in [6.07, 6.45) is -0.388. The van der Waals surface area contributed by atoms with E-state index in [9.17, 15) is 18.0 Å². The van der Waals surface area contributed by atoms with Crippen LogP contribution in [0.5, 0.6) is 0 Å². The zero-order valence-electron chi connectivity index (χ0n) is 21.5. The van der Waals surface area contributed by atoms with Gasteiger partial charge < -0.3 is 31.1 Å². The molecule has 0 aromatic heterocycles. The van der Waals surface area contributed by atoms with Crippen LogP contribution in [0.2, 0.25) is 0 Å². The van der Waals surface area contributed by atoms with Gasteiger partial charge in [0.2, 0.25) is 5.91 Å². The molecule has 0 radical (unpaired) electrons. The first-order valence-electron chi connectivity index (χ1n) is 12.8.